The third-order valence-electron chi connectivity index (χ3n) is 5.24. The minimum Gasteiger partial charge on any atom is -0.480 e. The van der Waals surface area contributed by atoms with Crippen LogP contribution >= 0.6 is 0 Å². The predicted molar refractivity (Wildman–Crippen MR) is 107 cm³/mol. The summed E-state index contributed by atoms with van der Waals surface area (Å²) in [6.45, 7) is 0.621. The number of amides is 1. The van der Waals surface area contributed by atoms with E-state index in [-0.39, 0.29) is 11.9 Å². The summed E-state index contributed by atoms with van der Waals surface area (Å²) < 4.78 is 7.30. The highest BCUT2D eigenvalue weighted by atomic mass is 16.5. The first-order chi connectivity index (χ1) is 14.1. The number of anilines is 1. The summed E-state index contributed by atoms with van der Waals surface area (Å²) in [5.74, 6) is 1.12. The van der Waals surface area contributed by atoms with Crippen LogP contribution in [0.4, 0.5) is 5.95 Å². The van der Waals surface area contributed by atoms with Gasteiger partial charge >= 0.3 is 0 Å². The molecule has 0 bridgehead atoms. The van der Waals surface area contributed by atoms with Crippen LogP contribution < -0.4 is 10.1 Å². The van der Waals surface area contributed by atoms with E-state index >= 15 is 0 Å². The van der Waals surface area contributed by atoms with Gasteiger partial charge in [0, 0.05) is 49.6 Å². The fourth-order valence-corrected chi connectivity index (χ4v) is 3.73. The first kappa shape index (κ1) is 17.4. The fourth-order valence-electron chi connectivity index (χ4n) is 3.73. The van der Waals surface area contributed by atoms with Gasteiger partial charge in [-0.3, -0.25) is 4.79 Å². The second kappa shape index (κ2) is 6.73. The Morgan fingerprint density at radius 2 is 2.21 bits per heavy atom. The number of H-pyrrole nitrogens is 1. The summed E-state index contributed by atoms with van der Waals surface area (Å²) in [5.41, 5.74) is 3.32. The Kier molecular flexibility index (Phi) is 4.04. The number of piperidine rings is 1. The number of aromatic amines is 1. The Balaban J connectivity index is 1.51. The van der Waals surface area contributed by atoms with Crippen LogP contribution in [0.5, 0.6) is 5.88 Å². The van der Waals surface area contributed by atoms with Crippen molar-refractivity contribution in [1.82, 2.24) is 34.4 Å². The highest BCUT2D eigenvalue weighted by Crippen LogP contribution is 2.34. The van der Waals surface area contributed by atoms with Gasteiger partial charge < -0.3 is 19.9 Å². The molecule has 1 saturated heterocycles. The summed E-state index contributed by atoms with van der Waals surface area (Å²) in [6, 6.07) is 3.99. The van der Waals surface area contributed by atoms with Gasteiger partial charge in [0.2, 0.25) is 17.7 Å². The van der Waals surface area contributed by atoms with Crippen molar-refractivity contribution in [1.29, 1.82) is 0 Å². The zero-order valence-corrected chi connectivity index (χ0v) is 16.1. The van der Waals surface area contributed by atoms with Crippen molar-refractivity contribution in [3.63, 3.8) is 0 Å². The van der Waals surface area contributed by atoms with E-state index in [0.29, 0.717) is 30.4 Å². The quantitative estimate of drug-likeness (QED) is 0.543. The molecule has 4 aromatic rings. The summed E-state index contributed by atoms with van der Waals surface area (Å²) in [5, 5.41) is 8.33. The molecule has 1 aliphatic heterocycles. The Bertz CT molecular complexity index is 1210. The van der Waals surface area contributed by atoms with E-state index in [9.17, 15) is 4.79 Å². The van der Waals surface area contributed by atoms with Crippen molar-refractivity contribution in [3.8, 4) is 17.0 Å². The highest BCUT2D eigenvalue weighted by Gasteiger charge is 2.24. The zero-order chi connectivity index (χ0) is 20.0. The van der Waals surface area contributed by atoms with Crippen LogP contribution in [0.2, 0.25) is 0 Å². The third kappa shape index (κ3) is 3.02. The molecular weight excluding hydrogens is 372 g/mol. The molecule has 5 rings (SSSR count). The molecule has 1 amide bonds. The molecule has 148 valence electrons. The number of fused-ring (bicyclic) bond motifs is 2. The highest BCUT2D eigenvalue weighted by molar-refractivity contribution is 5.97. The van der Waals surface area contributed by atoms with Crippen molar-refractivity contribution in [2.75, 3.05) is 26.0 Å². The average Bonchev–Trinajstić information content (AvgIpc) is 3.36. The van der Waals surface area contributed by atoms with Gasteiger partial charge in [-0.1, -0.05) is 0 Å². The lowest BCUT2D eigenvalue weighted by molar-refractivity contribution is -0.132. The molecule has 0 saturated carbocycles. The second-order valence-electron chi connectivity index (χ2n) is 7.12. The summed E-state index contributed by atoms with van der Waals surface area (Å²) in [6.07, 6.45) is 6.58. The van der Waals surface area contributed by atoms with E-state index in [1.165, 1.54) is 6.33 Å². The van der Waals surface area contributed by atoms with Crippen molar-refractivity contribution >= 4 is 28.5 Å². The maximum atomic E-state index is 11.7. The normalized spacial score (nSPS) is 17.2. The van der Waals surface area contributed by atoms with Gasteiger partial charge in [-0.2, -0.15) is 15.1 Å². The number of likely N-dealkylation sites (N-methyl/N-ethyl adjacent to an activating group) is 1. The molecule has 1 atom stereocenters. The van der Waals surface area contributed by atoms with E-state index in [4.69, 9.17) is 4.74 Å². The van der Waals surface area contributed by atoms with Crippen molar-refractivity contribution < 1.29 is 9.53 Å². The molecule has 10 nitrogen and oxygen atoms in total. The number of methoxy groups -OCH3 is 1. The Labute approximate surface area is 165 Å². The number of hydrogen-bond acceptors (Lipinski definition) is 7. The van der Waals surface area contributed by atoms with Gasteiger partial charge in [0.25, 0.3) is 0 Å². The molecule has 4 aromatic heterocycles. The van der Waals surface area contributed by atoms with Gasteiger partial charge in [0.1, 0.15) is 12.0 Å². The number of carbonyl (C=O) groups excluding carboxylic acids is 1. The third-order valence-corrected chi connectivity index (χ3v) is 5.24. The van der Waals surface area contributed by atoms with Gasteiger partial charge in [-0.05, 0) is 18.6 Å². The van der Waals surface area contributed by atoms with Crippen LogP contribution in [0.15, 0.2) is 30.9 Å². The summed E-state index contributed by atoms with van der Waals surface area (Å²) in [7, 11) is 3.40. The number of aromatic nitrogens is 6. The summed E-state index contributed by atoms with van der Waals surface area (Å²) in [4.78, 5) is 30.0. The van der Waals surface area contributed by atoms with E-state index in [0.717, 1.165) is 28.6 Å². The van der Waals surface area contributed by atoms with Crippen LogP contribution in [0.25, 0.3) is 27.8 Å². The smallest absolute Gasteiger partial charge is 0.228 e. The van der Waals surface area contributed by atoms with Crippen LogP contribution in [0.1, 0.15) is 12.8 Å². The van der Waals surface area contributed by atoms with Crippen LogP contribution in [-0.2, 0) is 4.79 Å². The number of nitrogens with zero attached hydrogens (tertiary/aromatic N) is 6. The maximum Gasteiger partial charge on any atom is 0.228 e. The molecular formula is C19H20N8O2. The van der Waals surface area contributed by atoms with Crippen LogP contribution in [-0.4, -0.2) is 67.1 Å². The molecule has 1 fully saturated rings. The molecule has 0 aliphatic carbocycles. The van der Waals surface area contributed by atoms with Gasteiger partial charge in [0.15, 0.2) is 5.65 Å². The number of likely N-dealkylation sites (tertiary alicyclic amines) is 1. The van der Waals surface area contributed by atoms with Crippen molar-refractivity contribution in [2.24, 2.45) is 0 Å². The monoisotopic (exact) mass is 392 g/mol. The standard InChI is InChI=1S/C19H20N8O2/c1-26-9-12(4-6-15(26)28)23-19-24-17-16(18(25-19)29-2)13(7-20-17)11-3-5-14-21-10-22-27(14)8-11/h3,5,7-8,10,12H,4,6,9H2,1-2H3,(H2,20,23,24,25). The molecule has 1 aliphatic rings. The van der Waals surface area contributed by atoms with Crippen molar-refractivity contribution in [3.05, 3.63) is 30.9 Å². The Morgan fingerprint density at radius 1 is 1.31 bits per heavy atom. The number of rotatable bonds is 4. The molecule has 5 heterocycles. The Hall–Kier alpha value is -3.69. The number of pyridine rings is 1. The molecule has 0 aromatic carbocycles. The molecule has 29 heavy (non-hydrogen) atoms. The minimum atomic E-state index is 0.101. The lowest BCUT2D eigenvalue weighted by Gasteiger charge is -2.30. The average molecular weight is 392 g/mol. The van der Waals surface area contributed by atoms with E-state index in [1.807, 2.05) is 31.6 Å². The predicted octanol–water partition coefficient (Wildman–Crippen LogP) is 1.71. The zero-order valence-electron chi connectivity index (χ0n) is 16.1. The maximum absolute atomic E-state index is 11.7. The van der Waals surface area contributed by atoms with Gasteiger partial charge in [-0.25, -0.2) is 9.50 Å². The van der Waals surface area contributed by atoms with Crippen LogP contribution in [0.3, 0.4) is 0 Å². The number of nitrogens with one attached hydrogen (secondary N) is 2. The minimum absolute atomic E-state index is 0.101. The fraction of sp³-hybridized carbons (Fsp3) is 0.316. The number of hydrogen-bond donors (Lipinski definition) is 2. The lowest BCUT2D eigenvalue weighted by Crippen LogP contribution is -2.43. The van der Waals surface area contributed by atoms with E-state index < -0.39 is 0 Å². The molecule has 0 radical (unpaired) electrons. The molecule has 2 N–H and O–H groups in total. The van der Waals surface area contributed by atoms with Gasteiger partial charge in [-0.15, -0.1) is 0 Å². The van der Waals surface area contributed by atoms with Crippen molar-refractivity contribution in [2.45, 2.75) is 18.9 Å². The topological polar surface area (TPSA) is 113 Å². The van der Waals surface area contributed by atoms with Gasteiger partial charge in [0.05, 0.1) is 12.5 Å². The molecule has 0 spiro atoms. The number of ether oxygens (including phenoxy) is 1. The van der Waals surface area contributed by atoms with Crippen LogP contribution in [0, 0.1) is 0 Å². The lowest BCUT2D eigenvalue weighted by atomic mass is 10.1. The second-order valence-corrected chi connectivity index (χ2v) is 7.12. The molecule has 1 unspecified atom stereocenters. The molecule has 10 heteroatoms. The largest absolute Gasteiger partial charge is 0.480 e. The number of carbonyl (C=O) groups is 1. The first-order valence-corrected chi connectivity index (χ1v) is 9.36. The summed E-state index contributed by atoms with van der Waals surface area (Å²) >= 11 is 0. The van der Waals surface area contributed by atoms with E-state index in [1.54, 1.807) is 16.5 Å². The SMILES string of the molecule is COc1nc(NC2CCC(=O)N(C)C2)nc2[nH]cc(-c3ccc4ncnn4c3)c12. The Morgan fingerprint density at radius 3 is 3.03 bits per heavy atom. The first-order valence-electron chi connectivity index (χ1n) is 9.36. The van der Waals surface area contributed by atoms with E-state index in [2.05, 4.69) is 30.4 Å².